The molecule has 0 N–H and O–H groups in total. The van der Waals surface area contributed by atoms with Gasteiger partial charge in [-0.1, -0.05) is 24.3 Å². The third-order valence-electron chi connectivity index (χ3n) is 6.04. The number of benzene rings is 2. The van der Waals surface area contributed by atoms with Gasteiger partial charge < -0.3 is 19.3 Å². The van der Waals surface area contributed by atoms with Crippen LogP contribution in [0.1, 0.15) is 36.4 Å². The third-order valence-corrected chi connectivity index (χ3v) is 6.04. The monoisotopic (exact) mass is 378 g/mol. The Kier molecular flexibility index (Phi) is 4.59. The van der Waals surface area contributed by atoms with Crippen LogP contribution in [0.5, 0.6) is 11.5 Å². The second-order valence-corrected chi connectivity index (χ2v) is 7.80. The van der Waals surface area contributed by atoms with Crippen LogP contribution in [0.25, 0.3) is 0 Å². The molecule has 0 aromatic heterocycles. The highest BCUT2D eigenvalue weighted by molar-refractivity contribution is 5.83. The lowest BCUT2D eigenvalue weighted by Crippen LogP contribution is -2.39. The van der Waals surface area contributed by atoms with Gasteiger partial charge in [0, 0.05) is 25.2 Å². The first kappa shape index (κ1) is 17.4. The van der Waals surface area contributed by atoms with E-state index in [0.29, 0.717) is 19.8 Å². The minimum Gasteiger partial charge on any atom is -0.490 e. The minimum absolute atomic E-state index is 0.127. The highest BCUT2D eigenvalue weighted by Gasteiger charge is 2.32. The van der Waals surface area contributed by atoms with Gasteiger partial charge in [0.2, 0.25) is 5.91 Å². The molecular weight excluding hydrogens is 352 g/mol. The van der Waals surface area contributed by atoms with Crippen LogP contribution in [0.2, 0.25) is 0 Å². The van der Waals surface area contributed by atoms with Crippen LogP contribution in [0.4, 0.5) is 5.69 Å². The van der Waals surface area contributed by atoms with Crippen LogP contribution in [0.3, 0.4) is 0 Å². The number of hydrogen-bond acceptors (Lipinski definition) is 4. The maximum atomic E-state index is 13.2. The topological polar surface area (TPSA) is 42.0 Å². The molecule has 1 atom stereocenters. The normalized spacial score (nSPS) is 20.8. The summed E-state index contributed by atoms with van der Waals surface area (Å²) >= 11 is 0. The fourth-order valence-corrected chi connectivity index (χ4v) is 4.62. The number of para-hydroxylation sites is 1. The Morgan fingerprint density at radius 3 is 2.79 bits per heavy atom. The summed E-state index contributed by atoms with van der Waals surface area (Å²) in [4.78, 5) is 17.4. The Bertz CT molecular complexity index is 882. The van der Waals surface area contributed by atoms with E-state index in [4.69, 9.17) is 9.47 Å². The highest BCUT2D eigenvalue weighted by atomic mass is 16.5. The van der Waals surface area contributed by atoms with E-state index in [1.54, 1.807) is 0 Å². The second kappa shape index (κ2) is 7.38. The van der Waals surface area contributed by atoms with Gasteiger partial charge in [-0.3, -0.25) is 4.79 Å². The van der Waals surface area contributed by atoms with Crippen molar-refractivity contribution in [1.29, 1.82) is 0 Å². The van der Waals surface area contributed by atoms with Crippen molar-refractivity contribution in [2.24, 2.45) is 0 Å². The average Bonchev–Trinajstić information content (AvgIpc) is 3.30. The molecule has 0 aliphatic carbocycles. The molecule has 3 heterocycles. The van der Waals surface area contributed by atoms with Crippen LogP contribution in [0.15, 0.2) is 42.5 Å². The van der Waals surface area contributed by atoms with Gasteiger partial charge in [0.05, 0.1) is 25.8 Å². The first-order chi connectivity index (χ1) is 13.8. The van der Waals surface area contributed by atoms with Crippen molar-refractivity contribution < 1.29 is 14.3 Å². The summed E-state index contributed by atoms with van der Waals surface area (Å²) in [6.45, 7) is 3.58. The average molecular weight is 378 g/mol. The van der Waals surface area contributed by atoms with E-state index in [0.717, 1.165) is 55.8 Å². The molecule has 3 aliphatic rings. The number of carbonyl (C=O) groups is 1. The molecule has 0 saturated carbocycles. The van der Waals surface area contributed by atoms with Crippen LogP contribution >= 0.6 is 0 Å². The zero-order chi connectivity index (χ0) is 18.9. The van der Waals surface area contributed by atoms with Crippen LogP contribution < -0.4 is 14.4 Å². The first-order valence-corrected chi connectivity index (χ1v) is 10.3. The first-order valence-electron chi connectivity index (χ1n) is 10.3. The number of ether oxygens (including phenoxy) is 2. The van der Waals surface area contributed by atoms with Gasteiger partial charge in [0.15, 0.2) is 11.5 Å². The number of amides is 1. The Balaban J connectivity index is 1.33. The Hall–Kier alpha value is -2.69. The summed E-state index contributed by atoms with van der Waals surface area (Å²) in [5.41, 5.74) is 3.70. The minimum atomic E-state index is 0.127. The Labute approximate surface area is 165 Å². The maximum Gasteiger partial charge on any atom is 0.242 e. The maximum absolute atomic E-state index is 13.2. The molecule has 2 aromatic rings. The smallest absolute Gasteiger partial charge is 0.242 e. The second-order valence-electron chi connectivity index (χ2n) is 7.80. The predicted molar refractivity (Wildman–Crippen MR) is 108 cm³/mol. The van der Waals surface area contributed by atoms with Gasteiger partial charge in [-0.25, -0.2) is 0 Å². The van der Waals surface area contributed by atoms with Gasteiger partial charge >= 0.3 is 0 Å². The lowest BCUT2D eigenvalue weighted by Gasteiger charge is -2.28. The van der Waals surface area contributed by atoms with Crippen molar-refractivity contribution in [3.8, 4) is 11.5 Å². The van der Waals surface area contributed by atoms with E-state index in [1.165, 1.54) is 11.3 Å². The summed E-state index contributed by atoms with van der Waals surface area (Å²) in [6, 6.07) is 14.7. The van der Waals surface area contributed by atoms with E-state index >= 15 is 0 Å². The van der Waals surface area contributed by atoms with Crippen molar-refractivity contribution in [1.82, 2.24) is 4.90 Å². The van der Waals surface area contributed by atoms with E-state index in [1.807, 2.05) is 6.07 Å². The number of hydrogen-bond donors (Lipinski definition) is 0. The van der Waals surface area contributed by atoms with E-state index in [-0.39, 0.29) is 11.9 Å². The lowest BCUT2D eigenvalue weighted by molar-refractivity contribution is -0.130. The number of rotatable bonds is 3. The highest BCUT2D eigenvalue weighted by Crippen LogP contribution is 2.38. The molecule has 1 amide bonds. The van der Waals surface area contributed by atoms with Crippen molar-refractivity contribution >= 4 is 11.6 Å². The molecule has 5 nitrogen and oxygen atoms in total. The van der Waals surface area contributed by atoms with Gasteiger partial charge in [-0.05, 0) is 48.6 Å². The molecular formula is C23H26N2O3. The van der Waals surface area contributed by atoms with Gasteiger partial charge in [0.25, 0.3) is 0 Å². The quantitative estimate of drug-likeness (QED) is 0.819. The van der Waals surface area contributed by atoms with Crippen molar-refractivity contribution in [3.05, 3.63) is 53.6 Å². The largest absolute Gasteiger partial charge is 0.490 e. The van der Waals surface area contributed by atoms with Crippen LogP contribution in [0, 0.1) is 0 Å². The third kappa shape index (κ3) is 3.19. The SMILES string of the molecule is O=C(CN1CCc2ccccc21)N1CCC[C@@H]1c1ccc2c(c1)OCCCO2. The van der Waals surface area contributed by atoms with Crippen molar-refractivity contribution in [2.45, 2.75) is 31.7 Å². The summed E-state index contributed by atoms with van der Waals surface area (Å²) in [7, 11) is 0. The zero-order valence-electron chi connectivity index (χ0n) is 16.1. The van der Waals surface area contributed by atoms with E-state index in [9.17, 15) is 4.79 Å². The number of likely N-dealkylation sites (tertiary alicyclic amines) is 1. The van der Waals surface area contributed by atoms with Crippen molar-refractivity contribution in [3.63, 3.8) is 0 Å². The molecule has 0 unspecified atom stereocenters. The predicted octanol–water partition coefficient (Wildman–Crippen LogP) is 3.57. The van der Waals surface area contributed by atoms with Crippen LogP contribution in [-0.4, -0.2) is 43.7 Å². The number of fused-ring (bicyclic) bond motifs is 2. The fraction of sp³-hybridized carbons (Fsp3) is 0.435. The summed E-state index contributed by atoms with van der Waals surface area (Å²) in [5, 5.41) is 0. The standard InChI is InChI=1S/C23H26N2O3/c26-23(16-24-12-10-17-5-1-2-6-19(17)24)25-11-3-7-20(25)18-8-9-21-22(15-18)28-14-4-13-27-21/h1-2,5-6,8-9,15,20H,3-4,7,10-14,16H2/t20-/m1/s1. The number of nitrogens with zero attached hydrogens (tertiary/aromatic N) is 2. The summed E-state index contributed by atoms with van der Waals surface area (Å²) < 4.78 is 11.6. The zero-order valence-corrected chi connectivity index (χ0v) is 16.1. The summed E-state index contributed by atoms with van der Waals surface area (Å²) in [6.07, 6.45) is 3.97. The molecule has 1 saturated heterocycles. The molecule has 0 radical (unpaired) electrons. The molecule has 2 aromatic carbocycles. The van der Waals surface area contributed by atoms with E-state index < -0.39 is 0 Å². The molecule has 28 heavy (non-hydrogen) atoms. The molecule has 0 spiro atoms. The number of carbonyl (C=O) groups excluding carboxylic acids is 1. The molecule has 5 heteroatoms. The van der Waals surface area contributed by atoms with Gasteiger partial charge in [-0.2, -0.15) is 0 Å². The molecule has 3 aliphatic heterocycles. The van der Waals surface area contributed by atoms with Crippen molar-refractivity contribution in [2.75, 3.05) is 37.7 Å². The van der Waals surface area contributed by atoms with Gasteiger partial charge in [0.1, 0.15) is 0 Å². The number of anilines is 1. The molecule has 1 fully saturated rings. The molecule has 5 rings (SSSR count). The van der Waals surface area contributed by atoms with E-state index in [2.05, 4.69) is 46.2 Å². The molecule has 0 bridgehead atoms. The Morgan fingerprint density at radius 2 is 1.86 bits per heavy atom. The lowest BCUT2D eigenvalue weighted by atomic mass is 10.0. The molecule has 146 valence electrons. The summed E-state index contributed by atoms with van der Waals surface area (Å²) in [5.74, 6) is 1.83. The van der Waals surface area contributed by atoms with Gasteiger partial charge in [-0.15, -0.1) is 0 Å². The fourth-order valence-electron chi connectivity index (χ4n) is 4.62. The van der Waals surface area contributed by atoms with Crippen LogP contribution in [-0.2, 0) is 11.2 Å². The Morgan fingerprint density at radius 1 is 1.00 bits per heavy atom.